The Hall–Kier alpha value is -2.62. The van der Waals surface area contributed by atoms with E-state index in [1.54, 1.807) is 6.08 Å². The molecule has 0 spiro atoms. The van der Waals surface area contributed by atoms with Gasteiger partial charge in [0.25, 0.3) is 0 Å². The lowest BCUT2D eigenvalue weighted by Crippen LogP contribution is -2.11. The average molecular weight is 504 g/mol. The van der Waals surface area contributed by atoms with Crippen LogP contribution in [0.15, 0.2) is 52.1 Å². The van der Waals surface area contributed by atoms with Crippen LogP contribution in [-0.2, 0) is 9.47 Å². The van der Waals surface area contributed by atoms with Gasteiger partial charge in [0.15, 0.2) is 10.9 Å². The number of aliphatic imine (C=N–C) groups is 1. The maximum Gasteiger partial charge on any atom is 0.413 e. The Morgan fingerprint density at radius 1 is 1.26 bits per heavy atom. The average Bonchev–Trinajstić information content (AvgIpc) is 3.23. The van der Waals surface area contributed by atoms with Gasteiger partial charge in [-0.3, -0.25) is 4.99 Å². The highest BCUT2D eigenvalue weighted by Gasteiger charge is 2.41. The summed E-state index contributed by atoms with van der Waals surface area (Å²) in [6.45, 7) is -0.0415. The molecule has 1 saturated carbocycles. The molecule has 2 atom stereocenters. The van der Waals surface area contributed by atoms with E-state index in [9.17, 15) is 22.0 Å². The molecule has 3 aliphatic rings. The zero-order chi connectivity index (χ0) is 24.5. The summed E-state index contributed by atoms with van der Waals surface area (Å²) < 4.78 is 77.0. The lowest BCUT2D eigenvalue weighted by Gasteiger charge is -2.21. The fraction of sp³-hybridized carbons (Fsp3) is 0.478. The van der Waals surface area contributed by atoms with Gasteiger partial charge in [0.2, 0.25) is 5.92 Å². The van der Waals surface area contributed by atoms with Crippen LogP contribution in [0.3, 0.4) is 0 Å². The van der Waals surface area contributed by atoms with Crippen molar-refractivity contribution in [3.63, 3.8) is 0 Å². The number of methoxy groups -OCH3 is 1. The number of hydrogen-bond donors (Lipinski definition) is 1. The zero-order valence-electron chi connectivity index (χ0n) is 18.3. The number of H-pyrrole nitrogens is 1. The van der Waals surface area contributed by atoms with E-state index in [4.69, 9.17) is 21.1 Å². The van der Waals surface area contributed by atoms with Crippen LogP contribution in [0.1, 0.15) is 55.5 Å². The zero-order valence-corrected chi connectivity index (χ0v) is 19.0. The highest BCUT2D eigenvalue weighted by Crippen LogP contribution is 2.44. The molecule has 5 nitrogen and oxygen atoms in total. The van der Waals surface area contributed by atoms with Gasteiger partial charge in [-0.05, 0) is 18.6 Å². The Kier molecular flexibility index (Phi) is 6.89. The molecule has 0 saturated heterocycles. The molecule has 11 heteroatoms. The van der Waals surface area contributed by atoms with Crippen molar-refractivity contribution in [3.05, 3.63) is 63.8 Å². The normalized spacial score (nSPS) is 24.7. The Balaban J connectivity index is 1.43. The summed E-state index contributed by atoms with van der Waals surface area (Å²) in [6.07, 6.45) is 2.60. The van der Waals surface area contributed by atoms with E-state index >= 15 is 0 Å². The molecule has 2 unspecified atom stereocenters. The summed E-state index contributed by atoms with van der Waals surface area (Å²) in [5, 5.41) is 0.227. The first-order chi connectivity index (χ1) is 16.1. The van der Waals surface area contributed by atoms with Crippen LogP contribution in [0.25, 0.3) is 0 Å². The minimum atomic E-state index is -4.40. The number of hydrogen-bond acceptors (Lipinski definition) is 4. The van der Waals surface area contributed by atoms with Gasteiger partial charge in [-0.1, -0.05) is 23.8 Å². The summed E-state index contributed by atoms with van der Waals surface area (Å²) in [5.74, 6) is -1.90. The molecule has 184 valence electrons. The van der Waals surface area contributed by atoms with Crippen molar-refractivity contribution in [1.82, 2.24) is 9.97 Å². The summed E-state index contributed by atoms with van der Waals surface area (Å²) in [6, 6.07) is 0. The molecule has 2 heterocycles. The predicted molar refractivity (Wildman–Crippen MR) is 117 cm³/mol. The van der Waals surface area contributed by atoms with Crippen molar-refractivity contribution in [2.75, 3.05) is 13.7 Å². The van der Waals surface area contributed by atoms with Crippen LogP contribution >= 0.6 is 11.6 Å². The Labute approximate surface area is 198 Å². The minimum absolute atomic E-state index is 0.0415. The van der Waals surface area contributed by atoms with Crippen molar-refractivity contribution < 1.29 is 31.4 Å². The van der Waals surface area contributed by atoms with E-state index in [1.165, 1.54) is 19.4 Å². The first-order valence-electron chi connectivity index (χ1n) is 10.8. The number of nitrogens with zero attached hydrogens (tertiary/aromatic N) is 2. The van der Waals surface area contributed by atoms with Gasteiger partial charge in [-0.2, -0.15) is 13.2 Å². The molecule has 0 bridgehead atoms. The monoisotopic (exact) mass is 503 g/mol. The third kappa shape index (κ3) is 5.54. The van der Waals surface area contributed by atoms with Gasteiger partial charge >= 0.3 is 6.18 Å². The minimum Gasteiger partial charge on any atom is -0.497 e. The smallest absolute Gasteiger partial charge is 0.413 e. The van der Waals surface area contributed by atoms with Crippen molar-refractivity contribution in [1.29, 1.82) is 0 Å². The number of aromatic nitrogens is 2. The largest absolute Gasteiger partial charge is 0.497 e. The second-order valence-electron chi connectivity index (χ2n) is 8.44. The van der Waals surface area contributed by atoms with Crippen LogP contribution in [0, 0.1) is 0 Å². The predicted octanol–water partition coefficient (Wildman–Crippen LogP) is 6.73. The second-order valence-corrected chi connectivity index (χ2v) is 8.79. The summed E-state index contributed by atoms with van der Waals surface area (Å²) in [4.78, 5) is 11.4. The van der Waals surface area contributed by atoms with E-state index in [0.29, 0.717) is 41.6 Å². The van der Waals surface area contributed by atoms with Crippen LogP contribution in [0.5, 0.6) is 0 Å². The van der Waals surface area contributed by atoms with Gasteiger partial charge in [0.1, 0.15) is 18.2 Å². The second kappa shape index (κ2) is 9.56. The summed E-state index contributed by atoms with van der Waals surface area (Å²) >= 11 is 6.32. The molecule has 1 aliphatic heterocycles. The van der Waals surface area contributed by atoms with Crippen molar-refractivity contribution in [3.8, 4) is 0 Å². The maximum absolute atomic E-state index is 13.6. The number of allylic oxidation sites excluding steroid dienone is 6. The Morgan fingerprint density at radius 3 is 2.74 bits per heavy atom. The highest BCUT2D eigenvalue weighted by atomic mass is 35.5. The molecule has 0 aromatic carbocycles. The molecule has 1 aromatic heterocycles. The molecular formula is C23H23ClF5N3O2. The third-order valence-corrected chi connectivity index (χ3v) is 6.34. The third-order valence-electron chi connectivity index (χ3n) is 6.06. The molecule has 0 amide bonds. The molecule has 1 fully saturated rings. The van der Waals surface area contributed by atoms with Crippen LogP contribution in [0.4, 0.5) is 22.0 Å². The fourth-order valence-electron chi connectivity index (χ4n) is 4.20. The van der Waals surface area contributed by atoms with E-state index in [2.05, 4.69) is 15.0 Å². The van der Waals surface area contributed by atoms with Gasteiger partial charge < -0.3 is 14.5 Å². The topological polar surface area (TPSA) is 59.5 Å². The van der Waals surface area contributed by atoms with Gasteiger partial charge in [-0.15, -0.1) is 0 Å². The van der Waals surface area contributed by atoms with E-state index < -0.39 is 17.7 Å². The first kappa shape index (κ1) is 24.5. The van der Waals surface area contributed by atoms with Gasteiger partial charge in [0.05, 0.1) is 18.5 Å². The molecule has 1 N–H and O–H groups in total. The number of nitrogens with one attached hydrogen (secondary N) is 1. The quantitative estimate of drug-likeness (QED) is 0.438. The van der Waals surface area contributed by atoms with Crippen molar-refractivity contribution in [2.45, 2.75) is 56.0 Å². The van der Waals surface area contributed by atoms with E-state index in [1.807, 2.05) is 6.08 Å². The summed E-state index contributed by atoms with van der Waals surface area (Å²) in [7, 11) is 1.48. The lowest BCUT2D eigenvalue weighted by atomic mass is 9.95. The van der Waals surface area contributed by atoms with Crippen LogP contribution in [-0.4, -0.2) is 42.0 Å². The molecular weight excluding hydrogens is 481 g/mol. The fourth-order valence-corrected chi connectivity index (χ4v) is 4.48. The number of aromatic amines is 1. The van der Waals surface area contributed by atoms with E-state index in [0.717, 1.165) is 6.08 Å². The van der Waals surface area contributed by atoms with Crippen molar-refractivity contribution in [2.24, 2.45) is 4.99 Å². The highest BCUT2D eigenvalue weighted by molar-refractivity contribution is 6.30. The molecule has 0 radical (unpaired) electrons. The summed E-state index contributed by atoms with van der Waals surface area (Å²) in [5.41, 5.74) is 0.269. The van der Waals surface area contributed by atoms with Crippen LogP contribution < -0.4 is 0 Å². The maximum atomic E-state index is 13.6. The lowest BCUT2D eigenvalue weighted by molar-refractivity contribution is -0.0923. The first-order valence-corrected chi connectivity index (χ1v) is 11.1. The van der Waals surface area contributed by atoms with Crippen LogP contribution in [0.2, 0.25) is 5.15 Å². The number of ether oxygens (including phenoxy) is 2. The number of imidazole rings is 1. The standard InChI is InChI=1S/C23H23ClF5N3O2/c1-33-18-10-13(19-20(24)32-21(31-19)14-6-8-22(25,26)11-14)2-5-17(18)34-12-16-4-3-15(7-9-30-16)23(27,28)29/h2-5,9,13-14H,6-8,10-12H2,1H3,(H,31,32). The molecule has 4 rings (SSSR count). The number of alkyl halides is 5. The Bertz CT molecular complexity index is 1080. The van der Waals surface area contributed by atoms with Crippen molar-refractivity contribution >= 4 is 17.8 Å². The molecule has 1 aromatic rings. The molecule has 2 aliphatic carbocycles. The Morgan fingerprint density at radius 2 is 2.06 bits per heavy atom. The van der Waals surface area contributed by atoms with E-state index in [-0.39, 0.29) is 42.9 Å². The molecule has 34 heavy (non-hydrogen) atoms. The van der Waals surface area contributed by atoms with Gasteiger partial charge in [0, 0.05) is 49.3 Å². The SMILES string of the molecule is COC1=C(OCC2=CC=C(C(F)(F)F)CC=N2)C=CC(c2[nH]c(C3CCC(F)(F)C3)nc2Cl)C1. The van der Waals surface area contributed by atoms with Gasteiger partial charge in [-0.25, -0.2) is 13.8 Å². The number of rotatable bonds is 6. The number of halogens is 6.